The van der Waals surface area contributed by atoms with Gasteiger partial charge in [-0.25, -0.2) is 9.59 Å². The number of ether oxygens (including phenoxy) is 2. The van der Waals surface area contributed by atoms with Crippen molar-refractivity contribution in [2.24, 2.45) is 0 Å². The average molecular weight is 398 g/mol. The molecule has 0 saturated carbocycles. The maximum Gasteiger partial charge on any atom is 0.418 e. The summed E-state index contributed by atoms with van der Waals surface area (Å²) >= 11 is 0. The van der Waals surface area contributed by atoms with E-state index in [0.717, 1.165) is 11.0 Å². The molecule has 0 bridgehead atoms. The Balaban J connectivity index is 2.78. The molecule has 9 heteroatoms. The van der Waals surface area contributed by atoms with Crippen molar-refractivity contribution in [2.45, 2.75) is 33.9 Å². The lowest BCUT2D eigenvalue weighted by molar-refractivity contribution is -0.140. The quantitative estimate of drug-likeness (QED) is 0.763. The molecular formula is C19H21F3N2O4. The van der Waals surface area contributed by atoms with Crippen molar-refractivity contribution in [3.63, 3.8) is 0 Å². The first-order valence-corrected chi connectivity index (χ1v) is 8.62. The number of rotatable bonds is 5. The van der Waals surface area contributed by atoms with E-state index in [4.69, 9.17) is 9.47 Å². The van der Waals surface area contributed by atoms with Gasteiger partial charge in [-0.1, -0.05) is 12.1 Å². The van der Waals surface area contributed by atoms with Crippen LogP contribution in [0.25, 0.3) is 0 Å². The standard InChI is InChI=1S/C19H21F3N2O4/c1-5-27-17(25)15-11(3)23-12(4)16(18(26)28-6-2)24(15)14-10-8-7-9-13(14)19(20,21)22/h7-10,23H,5-6H2,1-4H3. The zero-order valence-corrected chi connectivity index (χ0v) is 15.9. The third-order valence-electron chi connectivity index (χ3n) is 3.92. The molecule has 0 saturated heterocycles. The number of allylic oxidation sites excluding steroid dienone is 2. The van der Waals surface area contributed by atoms with Crippen LogP contribution in [-0.4, -0.2) is 25.2 Å². The molecular weight excluding hydrogens is 377 g/mol. The summed E-state index contributed by atoms with van der Waals surface area (Å²) in [6.45, 7) is 6.21. The average Bonchev–Trinajstić information content (AvgIpc) is 2.60. The largest absolute Gasteiger partial charge is 0.461 e. The molecule has 6 nitrogen and oxygen atoms in total. The molecule has 2 rings (SSSR count). The molecule has 0 amide bonds. The lowest BCUT2D eigenvalue weighted by Gasteiger charge is -2.35. The van der Waals surface area contributed by atoms with Crippen LogP contribution < -0.4 is 10.2 Å². The van der Waals surface area contributed by atoms with Crippen LogP contribution in [0.1, 0.15) is 33.3 Å². The van der Waals surface area contributed by atoms with E-state index in [1.807, 2.05) is 0 Å². The van der Waals surface area contributed by atoms with Crippen LogP contribution in [0.3, 0.4) is 0 Å². The fourth-order valence-corrected chi connectivity index (χ4v) is 2.88. The molecule has 152 valence electrons. The number of anilines is 1. The summed E-state index contributed by atoms with van der Waals surface area (Å²) in [4.78, 5) is 26.1. The summed E-state index contributed by atoms with van der Waals surface area (Å²) in [5.41, 5.74) is -1.30. The number of benzene rings is 1. The smallest absolute Gasteiger partial charge is 0.418 e. The van der Waals surface area contributed by atoms with E-state index in [0.29, 0.717) is 0 Å². The minimum absolute atomic E-state index is 0.0157. The number of alkyl halides is 3. The van der Waals surface area contributed by atoms with E-state index >= 15 is 0 Å². The third kappa shape index (κ3) is 4.13. The maximum absolute atomic E-state index is 13.6. The van der Waals surface area contributed by atoms with Crippen molar-refractivity contribution in [2.75, 3.05) is 18.1 Å². The molecule has 0 unspecified atom stereocenters. The van der Waals surface area contributed by atoms with Gasteiger partial charge in [0.15, 0.2) is 11.4 Å². The second-order valence-electron chi connectivity index (χ2n) is 5.86. The van der Waals surface area contributed by atoms with Crippen LogP contribution in [-0.2, 0) is 25.2 Å². The number of carbonyl (C=O) groups excluding carboxylic acids is 2. The molecule has 1 aromatic carbocycles. The van der Waals surface area contributed by atoms with E-state index in [9.17, 15) is 22.8 Å². The molecule has 1 N–H and O–H groups in total. The first-order chi connectivity index (χ1) is 13.1. The molecule has 1 heterocycles. The van der Waals surface area contributed by atoms with Crippen molar-refractivity contribution in [3.05, 3.63) is 52.6 Å². The number of hydrogen-bond acceptors (Lipinski definition) is 6. The fourth-order valence-electron chi connectivity index (χ4n) is 2.88. The number of hydrogen-bond donors (Lipinski definition) is 1. The van der Waals surface area contributed by atoms with Gasteiger partial charge in [-0.3, -0.25) is 4.90 Å². The monoisotopic (exact) mass is 398 g/mol. The molecule has 1 aliphatic rings. The van der Waals surface area contributed by atoms with Crippen LogP contribution in [0.4, 0.5) is 18.9 Å². The Labute approximate surface area is 160 Å². The Bertz CT molecular complexity index is 804. The van der Waals surface area contributed by atoms with Crippen LogP contribution in [0.15, 0.2) is 47.1 Å². The van der Waals surface area contributed by atoms with Gasteiger partial charge < -0.3 is 14.8 Å². The molecule has 0 aromatic heterocycles. The molecule has 0 spiro atoms. The topological polar surface area (TPSA) is 67.9 Å². The predicted octanol–water partition coefficient (Wildman–Crippen LogP) is 3.70. The SMILES string of the molecule is CCOC(=O)C1=C(C)NC(C)=C(C(=O)OCC)N1c1ccccc1C(F)(F)F. The number of halogens is 3. The van der Waals surface area contributed by atoms with Gasteiger partial charge in [-0.2, -0.15) is 13.2 Å². The van der Waals surface area contributed by atoms with Crippen molar-refractivity contribution in [1.29, 1.82) is 0 Å². The van der Waals surface area contributed by atoms with Gasteiger partial charge in [0.2, 0.25) is 0 Å². The first-order valence-electron chi connectivity index (χ1n) is 8.62. The number of carbonyl (C=O) groups is 2. The summed E-state index contributed by atoms with van der Waals surface area (Å²) in [6, 6.07) is 4.69. The highest BCUT2D eigenvalue weighted by molar-refractivity contribution is 6.03. The Morgan fingerprint density at radius 1 is 0.964 bits per heavy atom. The van der Waals surface area contributed by atoms with Crippen LogP contribution >= 0.6 is 0 Å². The highest BCUT2D eigenvalue weighted by atomic mass is 19.4. The molecule has 28 heavy (non-hydrogen) atoms. The molecule has 1 aliphatic heterocycles. The van der Waals surface area contributed by atoms with Gasteiger partial charge in [-0.15, -0.1) is 0 Å². The Kier molecular flexibility index (Phi) is 6.37. The Morgan fingerprint density at radius 2 is 1.43 bits per heavy atom. The molecule has 1 aromatic rings. The lowest BCUT2D eigenvalue weighted by atomic mass is 10.1. The van der Waals surface area contributed by atoms with E-state index < -0.39 is 23.7 Å². The van der Waals surface area contributed by atoms with Gasteiger partial charge in [0.25, 0.3) is 0 Å². The van der Waals surface area contributed by atoms with Gasteiger partial charge >= 0.3 is 18.1 Å². The lowest BCUT2D eigenvalue weighted by Crippen LogP contribution is -2.41. The summed E-state index contributed by atoms with van der Waals surface area (Å²) < 4.78 is 51.0. The summed E-state index contributed by atoms with van der Waals surface area (Å²) in [7, 11) is 0. The van der Waals surface area contributed by atoms with Gasteiger partial charge in [0.05, 0.1) is 24.5 Å². The number of nitrogens with zero attached hydrogens (tertiary/aromatic N) is 1. The van der Waals surface area contributed by atoms with E-state index in [1.165, 1.54) is 32.0 Å². The highest BCUT2D eigenvalue weighted by Gasteiger charge is 2.41. The minimum atomic E-state index is -4.71. The molecule has 0 atom stereocenters. The Hall–Kier alpha value is -2.97. The third-order valence-corrected chi connectivity index (χ3v) is 3.92. The Morgan fingerprint density at radius 3 is 1.86 bits per heavy atom. The molecule has 0 aliphatic carbocycles. The number of para-hydroxylation sites is 1. The summed E-state index contributed by atoms with van der Waals surface area (Å²) in [5.74, 6) is -1.72. The number of esters is 2. The predicted molar refractivity (Wildman–Crippen MR) is 95.7 cm³/mol. The normalized spacial score (nSPS) is 14.8. The van der Waals surface area contributed by atoms with Crippen molar-refractivity contribution in [3.8, 4) is 0 Å². The van der Waals surface area contributed by atoms with E-state index in [1.54, 1.807) is 13.8 Å². The second-order valence-corrected chi connectivity index (χ2v) is 5.86. The highest BCUT2D eigenvalue weighted by Crippen LogP contribution is 2.41. The zero-order valence-electron chi connectivity index (χ0n) is 15.9. The summed E-state index contributed by atoms with van der Waals surface area (Å²) in [6.07, 6.45) is -4.71. The van der Waals surface area contributed by atoms with E-state index in [-0.39, 0.29) is 41.7 Å². The van der Waals surface area contributed by atoms with Crippen molar-refractivity contribution < 1.29 is 32.2 Å². The minimum Gasteiger partial charge on any atom is -0.461 e. The van der Waals surface area contributed by atoms with Gasteiger partial charge in [0, 0.05) is 11.4 Å². The van der Waals surface area contributed by atoms with Crippen LogP contribution in [0.5, 0.6) is 0 Å². The first kappa shape index (κ1) is 21.3. The summed E-state index contributed by atoms with van der Waals surface area (Å²) in [5, 5.41) is 2.85. The molecule has 0 fully saturated rings. The van der Waals surface area contributed by atoms with Crippen molar-refractivity contribution in [1.82, 2.24) is 5.32 Å². The fraction of sp³-hybridized carbons (Fsp3) is 0.368. The van der Waals surface area contributed by atoms with Crippen LogP contribution in [0.2, 0.25) is 0 Å². The van der Waals surface area contributed by atoms with Crippen molar-refractivity contribution >= 4 is 17.6 Å². The van der Waals surface area contributed by atoms with Crippen LogP contribution in [0, 0.1) is 0 Å². The number of nitrogens with one attached hydrogen (secondary N) is 1. The van der Waals surface area contributed by atoms with Gasteiger partial charge in [0.1, 0.15) is 0 Å². The van der Waals surface area contributed by atoms with Gasteiger partial charge in [-0.05, 0) is 39.8 Å². The second kappa shape index (κ2) is 8.37. The maximum atomic E-state index is 13.6. The molecule has 0 radical (unpaired) electrons. The zero-order chi connectivity index (χ0) is 21.1. The van der Waals surface area contributed by atoms with E-state index in [2.05, 4.69) is 5.32 Å².